The summed E-state index contributed by atoms with van der Waals surface area (Å²) in [5.74, 6) is -1.28. The van der Waals surface area contributed by atoms with Crippen LogP contribution in [0, 0.1) is 5.92 Å². The Kier molecular flexibility index (Phi) is 6.49. The van der Waals surface area contributed by atoms with Crippen LogP contribution in [0.1, 0.15) is 32.3 Å². The average molecular weight is 450 g/mol. The molecule has 0 saturated carbocycles. The first kappa shape index (κ1) is 22.6. The second kappa shape index (κ2) is 9.48. The zero-order chi connectivity index (χ0) is 23.5. The molecule has 33 heavy (non-hydrogen) atoms. The van der Waals surface area contributed by atoms with Gasteiger partial charge in [-0.2, -0.15) is 0 Å². The maximum Gasteiger partial charge on any atom is 0.336 e. The van der Waals surface area contributed by atoms with Crippen LogP contribution in [0.15, 0.2) is 57.7 Å². The topological polar surface area (TPSA) is 97.0 Å². The zero-order valence-corrected chi connectivity index (χ0v) is 18.7. The highest BCUT2D eigenvalue weighted by Crippen LogP contribution is 2.32. The summed E-state index contributed by atoms with van der Waals surface area (Å²) in [6.45, 7) is 4.41. The third-order valence-electron chi connectivity index (χ3n) is 6.15. The lowest BCUT2D eigenvalue weighted by Gasteiger charge is -2.32. The lowest BCUT2D eigenvalue weighted by Crippen LogP contribution is -2.47. The predicted molar refractivity (Wildman–Crippen MR) is 124 cm³/mol. The quantitative estimate of drug-likeness (QED) is 0.569. The van der Waals surface area contributed by atoms with Gasteiger partial charge >= 0.3 is 11.6 Å². The van der Waals surface area contributed by atoms with E-state index in [1.165, 1.54) is 6.07 Å². The Labute approximate surface area is 191 Å². The van der Waals surface area contributed by atoms with E-state index < -0.39 is 23.6 Å². The molecule has 0 radical (unpaired) electrons. The summed E-state index contributed by atoms with van der Waals surface area (Å²) in [5, 5.41) is 10.0. The number of carbonyl (C=O) groups is 2. The van der Waals surface area contributed by atoms with E-state index in [-0.39, 0.29) is 12.5 Å². The van der Waals surface area contributed by atoms with Gasteiger partial charge in [0.1, 0.15) is 11.3 Å². The number of ether oxygens (including phenoxy) is 1. The van der Waals surface area contributed by atoms with Crippen LogP contribution in [-0.2, 0) is 16.0 Å². The van der Waals surface area contributed by atoms with Crippen LogP contribution < -0.4 is 10.4 Å². The van der Waals surface area contributed by atoms with Crippen molar-refractivity contribution in [2.45, 2.75) is 39.2 Å². The first-order valence-electron chi connectivity index (χ1n) is 11.2. The van der Waals surface area contributed by atoms with Crippen molar-refractivity contribution in [3.8, 4) is 16.9 Å². The van der Waals surface area contributed by atoms with Crippen LogP contribution in [0.4, 0.5) is 0 Å². The molecule has 172 valence electrons. The van der Waals surface area contributed by atoms with Gasteiger partial charge in [0, 0.05) is 36.2 Å². The Morgan fingerprint density at radius 3 is 2.73 bits per heavy atom. The second-order valence-corrected chi connectivity index (χ2v) is 8.37. The van der Waals surface area contributed by atoms with Gasteiger partial charge in [-0.15, -0.1) is 0 Å². The molecular formula is C26H27NO6. The molecular weight excluding hydrogens is 422 g/mol. The van der Waals surface area contributed by atoms with Crippen molar-refractivity contribution in [2.75, 3.05) is 13.1 Å². The van der Waals surface area contributed by atoms with Crippen molar-refractivity contribution in [2.24, 2.45) is 5.92 Å². The number of amides is 1. The molecule has 7 heteroatoms. The molecule has 1 fully saturated rings. The SMILES string of the molecule is CCc1ccccc1-c1cc(=O)oc2cc(OC(C)C(=O)N3CCC[C@H](C(=O)O)C3)ccc12. The van der Waals surface area contributed by atoms with E-state index in [1.54, 1.807) is 24.0 Å². The first-order chi connectivity index (χ1) is 15.9. The molecule has 0 aliphatic carbocycles. The molecule has 4 rings (SSSR count). The number of benzene rings is 2. The highest BCUT2D eigenvalue weighted by atomic mass is 16.5. The van der Waals surface area contributed by atoms with Crippen molar-refractivity contribution in [3.05, 3.63) is 64.5 Å². The monoisotopic (exact) mass is 449 g/mol. The Balaban J connectivity index is 1.59. The van der Waals surface area contributed by atoms with Gasteiger partial charge in [0.05, 0.1) is 5.92 Å². The lowest BCUT2D eigenvalue weighted by atomic mass is 9.96. The summed E-state index contributed by atoms with van der Waals surface area (Å²) in [5.41, 5.74) is 2.82. The Hall–Kier alpha value is -3.61. The molecule has 1 aromatic heterocycles. The zero-order valence-electron chi connectivity index (χ0n) is 18.7. The number of nitrogens with zero attached hydrogens (tertiary/aromatic N) is 1. The summed E-state index contributed by atoms with van der Waals surface area (Å²) in [4.78, 5) is 38.0. The molecule has 2 heterocycles. The summed E-state index contributed by atoms with van der Waals surface area (Å²) in [6, 6.07) is 14.6. The van der Waals surface area contributed by atoms with Crippen LogP contribution in [0.25, 0.3) is 22.1 Å². The van der Waals surface area contributed by atoms with E-state index in [9.17, 15) is 19.5 Å². The number of fused-ring (bicyclic) bond motifs is 1. The fourth-order valence-electron chi connectivity index (χ4n) is 4.42. The van der Waals surface area contributed by atoms with E-state index in [0.29, 0.717) is 30.7 Å². The number of carboxylic acids is 1. The van der Waals surface area contributed by atoms with Crippen LogP contribution in [0.5, 0.6) is 5.75 Å². The van der Waals surface area contributed by atoms with Gasteiger partial charge in [0.15, 0.2) is 6.10 Å². The number of aliphatic carboxylic acids is 1. The average Bonchev–Trinajstić information content (AvgIpc) is 2.82. The molecule has 1 unspecified atom stereocenters. The standard InChI is InChI=1S/C26H27NO6/c1-3-17-7-4-5-9-20(17)22-14-24(28)33-23-13-19(10-11-21(22)23)32-16(2)25(29)27-12-6-8-18(15-27)26(30)31/h4-5,7,9-11,13-14,16,18H,3,6,8,12,15H2,1-2H3,(H,30,31)/t16?,18-/m0/s1. The Morgan fingerprint density at radius 2 is 1.97 bits per heavy atom. The summed E-state index contributed by atoms with van der Waals surface area (Å²) >= 11 is 0. The molecule has 0 bridgehead atoms. The van der Waals surface area contributed by atoms with Crippen molar-refractivity contribution in [1.82, 2.24) is 4.90 Å². The summed E-state index contributed by atoms with van der Waals surface area (Å²) in [6.07, 6.45) is 1.25. The lowest BCUT2D eigenvalue weighted by molar-refractivity contribution is -0.147. The van der Waals surface area contributed by atoms with Gasteiger partial charge in [-0.25, -0.2) is 4.79 Å². The number of rotatable bonds is 6. The van der Waals surface area contributed by atoms with Crippen LogP contribution in [0.2, 0.25) is 0 Å². The number of piperidine rings is 1. The van der Waals surface area contributed by atoms with Gasteiger partial charge in [-0.1, -0.05) is 31.2 Å². The van der Waals surface area contributed by atoms with Crippen molar-refractivity contribution >= 4 is 22.8 Å². The largest absolute Gasteiger partial charge is 0.481 e. The number of carboxylic acid groups (broad SMARTS) is 1. The number of hydrogen-bond acceptors (Lipinski definition) is 5. The van der Waals surface area contributed by atoms with Crippen molar-refractivity contribution in [1.29, 1.82) is 0 Å². The van der Waals surface area contributed by atoms with E-state index in [2.05, 4.69) is 6.92 Å². The van der Waals surface area contributed by atoms with Gasteiger partial charge in [0.25, 0.3) is 5.91 Å². The van der Waals surface area contributed by atoms with Crippen LogP contribution in [-0.4, -0.2) is 41.1 Å². The minimum Gasteiger partial charge on any atom is -0.481 e. The number of carbonyl (C=O) groups excluding carboxylic acids is 1. The number of aryl methyl sites for hydroxylation is 1. The van der Waals surface area contributed by atoms with E-state index in [4.69, 9.17) is 9.15 Å². The van der Waals surface area contributed by atoms with Crippen molar-refractivity contribution in [3.63, 3.8) is 0 Å². The smallest absolute Gasteiger partial charge is 0.336 e. The maximum absolute atomic E-state index is 12.8. The Bertz CT molecular complexity index is 1250. The van der Waals surface area contributed by atoms with E-state index in [0.717, 1.165) is 28.5 Å². The molecule has 2 aromatic carbocycles. The number of hydrogen-bond donors (Lipinski definition) is 1. The second-order valence-electron chi connectivity index (χ2n) is 8.37. The fraction of sp³-hybridized carbons (Fsp3) is 0.346. The summed E-state index contributed by atoms with van der Waals surface area (Å²) in [7, 11) is 0. The molecule has 7 nitrogen and oxygen atoms in total. The third kappa shape index (κ3) is 4.77. The number of likely N-dealkylation sites (tertiary alicyclic amines) is 1. The molecule has 3 aromatic rings. The molecule has 1 N–H and O–H groups in total. The highest BCUT2D eigenvalue weighted by Gasteiger charge is 2.31. The van der Waals surface area contributed by atoms with Gasteiger partial charge in [-0.3, -0.25) is 9.59 Å². The normalized spacial score (nSPS) is 17.0. The first-order valence-corrected chi connectivity index (χ1v) is 11.2. The molecule has 2 atom stereocenters. The molecule has 0 spiro atoms. The summed E-state index contributed by atoms with van der Waals surface area (Å²) < 4.78 is 11.3. The minimum absolute atomic E-state index is 0.189. The molecule has 1 aliphatic heterocycles. The van der Waals surface area contributed by atoms with E-state index >= 15 is 0 Å². The molecule has 1 aliphatic rings. The van der Waals surface area contributed by atoms with Crippen LogP contribution >= 0.6 is 0 Å². The maximum atomic E-state index is 12.8. The van der Waals surface area contributed by atoms with Crippen molar-refractivity contribution < 1.29 is 23.8 Å². The predicted octanol–water partition coefficient (Wildman–Crippen LogP) is 4.11. The fourth-order valence-corrected chi connectivity index (χ4v) is 4.42. The van der Waals surface area contributed by atoms with Crippen LogP contribution in [0.3, 0.4) is 0 Å². The molecule has 1 amide bonds. The molecule has 1 saturated heterocycles. The van der Waals surface area contributed by atoms with E-state index in [1.807, 2.05) is 30.3 Å². The van der Waals surface area contributed by atoms with Gasteiger partial charge in [0.2, 0.25) is 0 Å². The Morgan fingerprint density at radius 1 is 1.18 bits per heavy atom. The minimum atomic E-state index is -0.883. The van der Waals surface area contributed by atoms with Gasteiger partial charge < -0.3 is 19.2 Å². The third-order valence-corrected chi connectivity index (χ3v) is 6.15. The van der Waals surface area contributed by atoms with Gasteiger partial charge in [-0.05, 0) is 49.4 Å². The highest BCUT2D eigenvalue weighted by molar-refractivity contribution is 5.94.